The maximum absolute atomic E-state index is 11.9. The lowest BCUT2D eigenvalue weighted by Crippen LogP contribution is -2.48. The van der Waals surface area contributed by atoms with Gasteiger partial charge in [-0.1, -0.05) is 13.8 Å². The molecular formula is C13H24N2O3. The number of ether oxygens (including phenoxy) is 1. The first kappa shape index (κ1) is 15.0. The van der Waals surface area contributed by atoms with Gasteiger partial charge in [0.05, 0.1) is 0 Å². The summed E-state index contributed by atoms with van der Waals surface area (Å²) in [6.45, 7) is 7.02. The Kier molecular flexibility index (Phi) is 6.12. The standard InChI is InChI=1S/C13H24N2O3/c1-9(2)8-18-10(3)12(16)15-11-6-4-5-7-14-13(11)17/h9-11H,4-8H2,1-3H3,(H,14,17)(H,15,16)/t10-,11+/m1/s1. The van der Waals surface area contributed by atoms with Crippen molar-refractivity contribution < 1.29 is 14.3 Å². The van der Waals surface area contributed by atoms with Crippen molar-refractivity contribution >= 4 is 11.8 Å². The molecule has 18 heavy (non-hydrogen) atoms. The van der Waals surface area contributed by atoms with Crippen LogP contribution in [0, 0.1) is 5.92 Å². The molecule has 0 aromatic carbocycles. The Labute approximate surface area is 109 Å². The summed E-state index contributed by atoms with van der Waals surface area (Å²) < 4.78 is 5.43. The summed E-state index contributed by atoms with van der Waals surface area (Å²) in [4.78, 5) is 23.5. The summed E-state index contributed by atoms with van der Waals surface area (Å²) in [5.74, 6) is 0.0936. The summed E-state index contributed by atoms with van der Waals surface area (Å²) in [7, 11) is 0. The van der Waals surface area contributed by atoms with Crippen molar-refractivity contribution in [2.24, 2.45) is 5.92 Å². The summed E-state index contributed by atoms with van der Waals surface area (Å²) in [5, 5.41) is 5.55. The predicted octanol–water partition coefficient (Wildman–Crippen LogP) is 0.832. The molecule has 0 saturated carbocycles. The molecule has 2 N–H and O–H groups in total. The van der Waals surface area contributed by atoms with Crippen molar-refractivity contribution in [2.45, 2.75) is 52.2 Å². The average Bonchev–Trinajstić information content (AvgIpc) is 2.51. The van der Waals surface area contributed by atoms with Crippen molar-refractivity contribution in [1.29, 1.82) is 0 Å². The van der Waals surface area contributed by atoms with Crippen molar-refractivity contribution in [2.75, 3.05) is 13.2 Å². The highest BCUT2D eigenvalue weighted by Gasteiger charge is 2.24. The van der Waals surface area contributed by atoms with Crippen molar-refractivity contribution in [1.82, 2.24) is 10.6 Å². The molecule has 1 rings (SSSR count). The van der Waals surface area contributed by atoms with Crippen LogP contribution in [-0.2, 0) is 14.3 Å². The van der Waals surface area contributed by atoms with Gasteiger partial charge < -0.3 is 15.4 Å². The molecule has 1 fully saturated rings. The van der Waals surface area contributed by atoms with Gasteiger partial charge in [0.25, 0.3) is 0 Å². The van der Waals surface area contributed by atoms with E-state index < -0.39 is 12.1 Å². The lowest BCUT2D eigenvalue weighted by atomic mass is 10.1. The second-order valence-corrected chi connectivity index (χ2v) is 5.22. The fourth-order valence-corrected chi connectivity index (χ4v) is 1.78. The number of carbonyl (C=O) groups excluding carboxylic acids is 2. The first-order chi connectivity index (χ1) is 8.50. The fourth-order valence-electron chi connectivity index (χ4n) is 1.78. The van der Waals surface area contributed by atoms with Crippen LogP contribution in [0.4, 0.5) is 0 Å². The predicted molar refractivity (Wildman–Crippen MR) is 69.0 cm³/mol. The SMILES string of the molecule is CC(C)CO[C@H](C)C(=O)N[C@H]1CCCCNC1=O. The van der Waals surface area contributed by atoms with Crippen LogP contribution < -0.4 is 10.6 Å². The zero-order valence-electron chi connectivity index (χ0n) is 11.5. The molecule has 0 radical (unpaired) electrons. The zero-order valence-corrected chi connectivity index (χ0v) is 11.5. The number of carbonyl (C=O) groups is 2. The lowest BCUT2D eigenvalue weighted by Gasteiger charge is -2.19. The van der Waals surface area contributed by atoms with Crippen molar-refractivity contribution in [3.8, 4) is 0 Å². The van der Waals surface area contributed by atoms with E-state index in [1.807, 2.05) is 13.8 Å². The van der Waals surface area contributed by atoms with Gasteiger partial charge >= 0.3 is 0 Å². The van der Waals surface area contributed by atoms with Gasteiger partial charge in [-0.2, -0.15) is 0 Å². The van der Waals surface area contributed by atoms with Gasteiger partial charge in [0.2, 0.25) is 11.8 Å². The maximum atomic E-state index is 11.9. The van der Waals surface area contributed by atoms with Crippen LogP contribution in [0.5, 0.6) is 0 Å². The molecule has 0 bridgehead atoms. The number of hydrogen-bond donors (Lipinski definition) is 2. The lowest BCUT2D eigenvalue weighted by molar-refractivity contribution is -0.136. The molecule has 0 aliphatic carbocycles. The van der Waals surface area contributed by atoms with Gasteiger partial charge in [-0.25, -0.2) is 0 Å². The largest absolute Gasteiger partial charge is 0.368 e. The number of amides is 2. The third-order valence-corrected chi connectivity index (χ3v) is 2.90. The quantitative estimate of drug-likeness (QED) is 0.765. The molecule has 104 valence electrons. The molecule has 2 amide bonds. The molecule has 0 unspecified atom stereocenters. The molecular weight excluding hydrogens is 232 g/mol. The summed E-state index contributed by atoms with van der Waals surface area (Å²) in [6.07, 6.45) is 2.11. The van der Waals surface area contributed by atoms with Crippen LogP contribution in [0.2, 0.25) is 0 Å². The molecule has 1 aliphatic heterocycles. The minimum atomic E-state index is -0.511. The third kappa shape index (κ3) is 5.04. The Balaban J connectivity index is 2.39. The highest BCUT2D eigenvalue weighted by atomic mass is 16.5. The van der Waals surface area contributed by atoms with E-state index in [4.69, 9.17) is 4.74 Å². The minimum absolute atomic E-state index is 0.0862. The maximum Gasteiger partial charge on any atom is 0.249 e. The normalized spacial score (nSPS) is 22.2. The van der Waals surface area contributed by atoms with E-state index >= 15 is 0 Å². The summed E-state index contributed by atoms with van der Waals surface area (Å²) >= 11 is 0. The fraction of sp³-hybridized carbons (Fsp3) is 0.846. The van der Waals surface area contributed by atoms with Gasteiger partial charge in [-0.3, -0.25) is 9.59 Å². The van der Waals surface area contributed by atoms with Gasteiger partial charge in [0.15, 0.2) is 0 Å². The second kappa shape index (κ2) is 7.36. The smallest absolute Gasteiger partial charge is 0.249 e. The van der Waals surface area contributed by atoms with Gasteiger partial charge in [-0.15, -0.1) is 0 Å². The van der Waals surface area contributed by atoms with E-state index in [0.717, 1.165) is 12.8 Å². The molecule has 1 heterocycles. The number of hydrogen-bond acceptors (Lipinski definition) is 3. The molecule has 5 nitrogen and oxygen atoms in total. The Morgan fingerprint density at radius 2 is 2.17 bits per heavy atom. The van der Waals surface area contributed by atoms with Crippen LogP contribution in [0.25, 0.3) is 0 Å². The van der Waals surface area contributed by atoms with Crippen LogP contribution >= 0.6 is 0 Å². The molecule has 0 aromatic rings. The van der Waals surface area contributed by atoms with Gasteiger partial charge in [-0.05, 0) is 32.1 Å². The van der Waals surface area contributed by atoms with E-state index in [-0.39, 0.29) is 11.8 Å². The van der Waals surface area contributed by atoms with E-state index in [1.54, 1.807) is 6.92 Å². The summed E-state index contributed by atoms with van der Waals surface area (Å²) in [5.41, 5.74) is 0. The van der Waals surface area contributed by atoms with Crippen molar-refractivity contribution in [3.63, 3.8) is 0 Å². The van der Waals surface area contributed by atoms with E-state index in [1.165, 1.54) is 0 Å². The molecule has 1 aliphatic rings. The number of nitrogens with one attached hydrogen (secondary N) is 2. The summed E-state index contributed by atoms with van der Waals surface area (Å²) in [6, 6.07) is -0.412. The molecule has 0 aromatic heterocycles. The Morgan fingerprint density at radius 1 is 1.44 bits per heavy atom. The first-order valence-corrected chi connectivity index (χ1v) is 6.70. The van der Waals surface area contributed by atoms with Crippen LogP contribution in [-0.4, -0.2) is 37.1 Å². The van der Waals surface area contributed by atoms with Crippen LogP contribution in [0.1, 0.15) is 40.0 Å². The Hall–Kier alpha value is -1.10. The van der Waals surface area contributed by atoms with Crippen LogP contribution in [0.3, 0.4) is 0 Å². The topological polar surface area (TPSA) is 67.4 Å². The Bertz CT molecular complexity index is 292. The van der Waals surface area contributed by atoms with Gasteiger partial charge in [0.1, 0.15) is 12.1 Å². The molecule has 5 heteroatoms. The highest BCUT2D eigenvalue weighted by Crippen LogP contribution is 2.06. The Morgan fingerprint density at radius 3 is 2.83 bits per heavy atom. The average molecular weight is 256 g/mol. The molecule has 2 atom stereocenters. The van der Waals surface area contributed by atoms with E-state index in [0.29, 0.717) is 25.5 Å². The second-order valence-electron chi connectivity index (χ2n) is 5.22. The highest BCUT2D eigenvalue weighted by molar-refractivity contribution is 5.89. The monoisotopic (exact) mass is 256 g/mol. The number of rotatable bonds is 5. The van der Waals surface area contributed by atoms with Crippen molar-refractivity contribution in [3.05, 3.63) is 0 Å². The first-order valence-electron chi connectivity index (χ1n) is 6.70. The third-order valence-electron chi connectivity index (χ3n) is 2.90. The molecule has 1 saturated heterocycles. The van der Waals surface area contributed by atoms with Gasteiger partial charge in [0, 0.05) is 13.2 Å². The zero-order chi connectivity index (χ0) is 13.5. The molecule has 0 spiro atoms. The minimum Gasteiger partial charge on any atom is -0.368 e. The van der Waals surface area contributed by atoms with E-state index in [9.17, 15) is 9.59 Å². The van der Waals surface area contributed by atoms with Crippen LogP contribution in [0.15, 0.2) is 0 Å². The van der Waals surface area contributed by atoms with E-state index in [2.05, 4.69) is 10.6 Å².